The number of halogens is 1. The topological polar surface area (TPSA) is 90.7 Å². The van der Waals surface area contributed by atoms with Crippen LogP contribution in [0.25, 0.3) is 5.69 Å². The quantitative estimate of drug-likeness (QED) is 0.841. The van der Waals surface area contributed by atoms with Crippen LogP contribution in [0.5, 0.6) is 0 Å². The van der Waals surface area contributed by atoms with E-state index in [0.717, 1.165) is 5.82 Å². The molecule has 2 amide bonds. The normalized spacial score (nSPS) is 17.2. The number of amides is 2. The Morgan fingerprint density at radius 1 is 1.46 bits per heavy atom. The molecule has 1 atom stereocenters. The number of hydrogen-bond donors (Lipinski definition) is 2. The molecule has 1 fully saturated rings. The number of carbonyl (C=O) groups is 2. The van der Waals surface area contributed by atoms with Crippen molar-refractivity contribution >= 4 is 17.7 Å². The molecule has 1 aromatic heterocycles. The van der Waals surface area contributed by atoms with Crippen molar-refractivity contribution in [1.82, 2.24) is 19.8 Å². The second-order valence-corrected chi connectivity index (χ2v) is 6.37. The van der Waals surface area contributed by atoms with E-state index in [1.807, 2.05) is 19.0 Å². The van der Waals surface area contributed by atoms with Crippen LogP contribution in [-0.2, 0) is 11.3 Å². The van der Waals surface area contributed by atoms with Crippen molar-refractivity contribution < 1.29 is 19.1 Å². The molecule has 2 aromatic rings. The molecule has 1 aliphatic heterocycles. The molecular weight excluding hydrogens is 341 g/mol. The van der Waals surface area contributed by atoms with Crippen molar-refractivity contribution in [2.45, 2.75) is 19.0 Å². The Balaban J connectivity index is 1.84. The van der Waals surface area contributed by atoms with Gasteiger partial charge in [0.2, 0.25) is 5.91 Å². The van der Waals surface area contributed by atoms with Gasteiger partial charge in [0.15, 0.2) is 0 Å². The molecule has 0 spiro atoms. The molecule has 0 saturated carbocycles. The standard InChI is InChI=1S/C17H20FN5O3/c1-21(2)10-15-19-6-8-22(15)11-3-4-14(12(18)9-11)23-7-5-13(16(23)24)20-17(25)26/h3-4,6,8-9,13,20H,5,7,10H2,1-2H3,(H,25,26)/t13-/m0/s1. The van der Waals surface area contributed by atoms with Crippen molar-refractivity contribution in [1.29, 1.82) is 0 Å². The third-order valence-corrected chi connectivity index (χ3v) is 4.18. The molecule has 1 aromatic carbocycles. The second kappa shape index (κ2) is 7.12. The number of nitrogens with one attached hydrogen (secondary N) is 1. The number of hydrogen-bond acceptors (Lipinski definition) is 4. The van der Waals surface area contributed by atoms with E-state index in [4.69, 9.17) is 5.11 Å². The molecular formula is C17H20FN5O3. The van der Waals surface area contributed by atoms with Gasteiger partial charge in [-0.15, -0.1) is 0 Å². The lowest BCUT2D eigenvalue weighted by Gasteiger charge is -2.19. The van der Waals surface area contributed by atoms with Crippen LogP contribution >= 0.6 is 0 Å². The summed E-state index contributed by atoms with van der Waals surface area (Å²) in [5, 5.41) is 10.9. The fourth-order valence-electron chi connectivity index (χ4n) is 3.04. The molecule has 8 nitrogen and oxygen atoms in total. The fourth-order valence-corrected chi connectivity index (χ4v) is 3.04. The summed E-state index contributed by atoms with van der Waals surface area (Å²) < 4.78 is 16.5. The molecule has 0 radical (unpaired) electrons. The number of nitrogens with zero attached hydrogens (tertiary/aromatic N) is 4. The van der Waals surface area contributed by atoms with Gasteiger partial charge in [0.1, 0.15) is 17.7 Å². The maximum absolute atomic E-state index is 14.7. The number of carbonyl (C=O) groups excluding carboxylic acids is 1. The van der Waals surface area contributed by atoms with E-state index in [1.165, 1.54) is 17.0 Å². The lowest BCUT2D eigenvalue weighted by atomic mass is 10.2. The van der Waals surface area contributed by atoms with Gasteiger partial charge in [0, 0.05) is 30.7 Å². The lowest BCUT2D eigenvalue weighted by molar-refractivity contribution is -0.118. The molecule has 1 saturated heterocycles. The number of rotatable bonds is 5. The summed E-state index contributed by atoms with van der Waals surface area (Å²) in [6.07, 6.45) is 2.44. The molecule has 2 N–H and O–H groups in total. The maximum atomic E-state index is 14.7. The summed E-state index contributed by atoms with van der Waals surface area (Å²) in [6.45, 7) is 0.862. The smallest absolute Gasteiger partial charge is 0.405 e. The highest BCUT2D eigenvalue weighted by molar-refractivity contribution is 6.00. The average molecular weight is 361 g/mol. The van der Waals surface area contributed by atoms with Crippen LogP contribution in [0.1, 0.15) is 12.2 Å². The maximum Gasteiger partial charge on any atom is 0.405 e. The average Bonchev–Trinajstić information content (AvgIpc) is 3.14. The van der Waals surface area contributed by atoms with Gasteiger partial charge in [-0.05, 0) is 32.6 Å². The Morgan fingerprint density at radius 3 is 2.88 bits per heavy atom. The second-order valence-electron chi connectivity index (χ2n) is 6.37. The summed E-state index contributed by atoms with van der Waals surface area (Å²) in [5.41, 5.74) is 0.746. The van der Waals surface area contributed by atoms with Crippen LogP contribution < -0.4 is 10.2 Å². The van der Waals surface area contributed by atoms with Gasteiger partial charge >= 0.3 is 6.09 Å². The van der Waals surface area contributed by atoms with Crippen LogP contribution in [0.4, 0.5) is 14.9 Å². The molecule has 3 rings (SSSR count). The molecule has 26 heavy (non-hydrogen) atoms. The van der Waals surface area contributed by atoms with Gasteiger partial charge in [-0.25, -0.2) is 14.2 Å². The van der Waals surface area contributed by atoms with E-state index in [9.17, 15) is 14.0 Å². The predicted octanol–water partition coefficient (Wildman–Crippen LogP) is 1.45. The predicted molar refractivity (Wildman–Crippen MR) is 92.8 cm³/mol. The van der Waals surface area contributed by atoms with Crippen molar-refractivity contribution in [3.8, 4) is 5.69 Å². The third-order valence-electron chi connectivity index (χ3n) is 4.18. The molecule has 2 heterocycles. The van der Waals surface area contributed by atoms with Crippen LogP contribution in [0.3, 0.4) is 0 Å². The van der Waals surface area contributed by atoms with E-state index in [2.05, 4.69) is 10.3 Å². The monoisotopic (exact) mass is 361 g/mol. The van der Waals surface area contributed by atoms with Crippen LogP contribution in [0.2, 0.25) is 0 Å². The van der Waals surface area contributed by atoms with E-state index in [0.29, 0.717) is 18.7 Å². The SMILES string of the molecule is CN(C)Cc1nccn1-c1ccc(N2CC[C@H](NC(=O)O)C2=O)c(F)c1. The number of aromatic nitrogens is 2. The van der Waals surface area contributed by atoms with Gasteiger partial charge in [0.05, 0.1) is 12.2 Å². The highest BCUT2D eigenvalue weighted by Gasteiger charge is 2.34. The summed E-state index contributed by atoms with van der Waals surface area (Å²) in [7, 11) is 3.84. The van der Waals surface area contributed by atoms with Crippen molar-refractivity contribution in [2.24, 2.45) is 0 Å². The number of benzene rings is 1. The zero-order valence-electron chi connectivity index (χ0n) is 14.5. The van der Waals surface area contributed by atoms with Gasteiger partial charge in [-0.2, -0.15) is 0 Å². The Labute approximate surface area is 149 Å². The fraction of sp³-hybridized carbons (Fsp3) is 0.353. The Kier molecular flexibility index (Phi) is 4.90. The van der Waals surface area contributed by atoms with Crippen molar-refractivity contribution in [3.63, 3.8) is 0 Å². The first kappa shape index (κ1) is 17.9. The zero-order chi connectivity index (χ0) is 18.8. The minimum Gasteiger partial charge on any atom is -0.465 e. The molecule has 0 unspecified atom stereocenters. The highest BCUT2D eigenvalue weighted by Crippen LogP contribution is 2.27. The first-order valence-electron chi connectivity index (χ1n) is 8.14. The Hall–Kier alpha value is -2.94. The molecule has 138 valence electrons. The largest absolute Gasteiger partial charge is 0.465 e. The van der Waals surface area contributed by atoms with Crippen LogP contribution in [0, 0.1) is 5.82 Å². The third kappa shape index (κ3) is 3.52. The molecule has 9 heteroatoms. The number of imidazole rings is 1. The first-order chi connectivity index (χ1) is 12.4. The van der Waals surface area contributed by atoms with E-state index < -0.39 is 23.9 Å². The van der Waals surface area contributed by atoms with Gasteiger partial charge in [0.25, 0.3) is 0 Å². The van der Waals surface area contributed by atoms with Gasteiger partial charge in [-0.1, -0.05) is 0 Å². The lowest BCUT2D eigenvalue weighted by Crippen LogP contribution is -2.41. The zero-order valence-corrected chi connectivity index (χ0v) is 14.5. The summed E-state index contributed by atoms with van der Waals surface area (Å²) in [5.74, 6) is -0.226. The van der Waals surface area contributed by atoms with E-state index in [-0.39, 0.29) is 12.2 Å². The minimum absolute atomic E-state index is 0.141. The first-order valence-corrected chi connectivity index (χ1v) is 8.14. The Bertz CT molecular complexity index is 836. The number of anilines is 1. The van der Waals surface area contributed by atoms with Crippen LogP contribution in [-0.4, -0.2) is 58.2 Å². The minimum atomic E-state index is -1.27. The van der Waals surface area contributed by atoms with Crippen molar-refractivity contribution in [2.75, 3.05) is 25.5 Å². The summed E-state index contributed by atoms with van der Waals surface area (Å²) in [6, 6.07) is 3.75. The van der Waals surface area contributed by atoms with E-state index in [1.54, 1.807) is 23.0 Å². The summed E-state index contributed by atoms with van der Waals surface area (Å²) >= 11 is 0. The van der Waals surface area contributed by atoms with Crippen LogP contribution in [0.15, 0.2) is 30.6 Å². The summed E-state index contributed by atoms with van der Waals surface area (Å²) in [4.78, 5) is 30.5. The van der Waals surface area contributed by atoms with Gasteiger partial charge < -0.3 is 24.8 Å². The molecule has 0 aliphatic carbocycles. The van der Waals surface area contributed by atoms with Gasteiger partial charge in [-0.3, -0.25) is 4.79 Å². The highest BCUT2D eigenvalue weighted by atomic mass is 19.1. The Morgan fingerprint density at radius 2 is 2.23 bits per heavy atom. The molecule has 1 aliphatic rings. The molecule has 0 bridgehead atoms. The van der Waals surface area contributed by atoms with Crippen molar-refractivity contribution in [3.05, 3.63) is 42.2 Å². The number of carboxylic acid groups (broad SMARTS) is 1. The van der Waals surface area contributed by atoms with E-state index >= 15 is 0 Å².